The molecule has 0 radical (unpaired) electrons. The summed E-state index contributed by atoms with van der Waals surface area (Å²) >= 11 is 0. The summed E-state index contributed by atoms with van der Waals surface area (Å²) in [6.07, 6.45) is 1.14. The van der Waals surface area contributed by atoms with Gasteiger partial charge in [-0.15, -0.1) is 0 Å². The summed E-state index contributed by atoms with van der Waals surface area (Å²) in [5.41, 5.74) is 0.732. The van der Waals surface area contributed by atoms with Crippen LogP contribution in [0.4, 0.5) is 10.5 Å². The summed E-state index contributed by atoms with van der Waals surface area (Å²) in [6.45, 7) is -0.0842. The van der Waals surface area contributed by atoms with Crippen LogP contribution in [0.15, 0.2) is 53.5 Å². The van der Waals surface area contributed by atoms with Crippen LogP contribution in [0.25, 0.3) is 10.9 Å². The van der Waals surface area contributed by atoms with Gasteiger partial charge in [-0.3, -0.25) is 19.6 Å². The number of carbonyl (C=O) groups is 2. The summed E-state index contributed by atoms with van der Waals surface area (Å²) in [7, 11) is 0. The molecule has 0 bridgehead atoms. The molecule has 0 fully saturated rings. The minimum atomic E-state index is -0.691. The Morgan fingerprint density at radius 1 is 1.11 bits per heavy atom. The van der Waals surface area contributed by atoms with E-state index >= 15 is 0 Å². The van der Waals surface area contributed by atoms with Crippen molar-refractivity contribution in [2.75, 3.05) is 12.1 Å². The fourth-order valence-corrected chi connectivity index (χ4v) is 2.73. The van der Waals surface area contributed by atoms with Gasteiger partial charge in [0.2, 0.25) is 18.1 Å². The summed E-state index contributed by atoms with van der Waals surface area (Å²) in [5, 5.41) is 9.18. The van der Waals surface area contributed by atoms with Crippen LogP contribution >= 0.6 is 0 Å². The van der Waals surface area contributed by atoms with E-state index in [4.69, 9.17) is 9.47 Å². The Bertz CT molecular complexity index is 1110. The average molecular weight is 366 g/mol. The molecule has 0 unspecified atom stereocenters. The highest BCUT2D eigenvalue weighted by molar-refractivity contribution is 6.01. The molecule has 9 nitrogen and oxygen atoms in total. The van der Waals surface area contributed by atoms with Gasteiger partial charge in [-0.25, -0.2) is 4.79 Å². The number of urea groups is 1. The third kappa shape index (κ3) is 3.43. The van der Waals surface area contributed by atoms with Crippen LogP contribution in [0.5, 0.6) is 11.5 Å². The average Bonchev–Trinajstić information content (AvgIpc) is 3.12. The number of hydrogen-bond donors (Lipinski definition) is 2. The van der Waals surface area contributed by atoms with Gasteiger partial charge in [0.05, 0.1) is 11.7 Å². The predicted molar refractivity (Wildman–Crippen MR) is 95.7 cm³/mol. The maximum atomic E-state index is 12.2. The van der Waals surface area contributed by atoms with Crippen molar-refractivity contribution < 1.29 is 19.1 Å². The number of amides is 3. The summed E-state index contributed by atoms with van der Waals surface area (Å²) in [5.74, 6) is 0.533. The van der Waals surface area contributed by atoms with Crippen molar-refractivity contribution >= 4 is 28.5 Å². The summed E-state index contributed by atoms with van der Waals surface area (Å²) < 4.78 is 11.8. The molecule has 3 aromatic rings. The van der Waals surface area contributed by atoms with Crippen molar-refractivity contribution in [2.24, 2.45) is 0 Å². The molecule has 2 aromatic carbocycles. The van der Waals surface area contributed by atoms with E-state index in [0.717, 1.165) is 6.20 Å². The summed E-state index contributed by atoms with van der Waals surface area (Å²) in [6, 6.07) is 11.0. The largest absolute Gasteiger partial charge is 0.454 e. The number of carbonyl (C=O) groups excluding carboxylic acids is 2. The third-order valence-corrected chi connectivity index (χ3v) is 3.94. The number of ether oxygens (including phenoxy) is 2. The van der Waals surface area contributed by atoms with Crippen molar-refractivity contribution in [3.63, 3.8) is 0 Å². The van der Waals surface area contributed by atoms with Crippen molar-refractivity contribution in [1.82, 2.24) is 15.1 Å². The number of aromatic nitrogens is 2. The number of rotatable bonds is 3. The number of benzene rings is 2. The lowest BCUT2D eigenvalue weighted by Crippen LogP contribution is -2.37. The van der Waals surface area contributed by atoms with Crippen LogP contribution in [0.2, 0.25) is 0 Å². The fourth-order valence-electron chi connectivity index (χ4n) is 2.73. The van der Waals surface area contributed by atoms with E-state index < -0.39 is 11.9 Å². The minimum Gasteiger partial charge on any atom is -0.454 e. The highest BCUT2D eigenvalue weighted by Gasteiger charge is 2.15. The molecule has 27 heavy (non-hydrogen) atoms. The molecular formula is C18H14N4O5. The maximum Gasteiger partial charge on any atom is 0.325 e. The van der Waals surface area contributed by atoms with Gasteiger partial charge in [0.15, 0.2) is 11.5 Å². The van der Waals surface area contributed by atoms with Gasteiger partial charge in [-0.2, -0.15) is 5.10 Å². The normalized spacial score (nSPS) is 12.0. The zero-order chi connectivity index (χ0) is 18.8. The Morgan fingerprint density at radius 3 is 2.81 bits per heavy atom. The van der Waals surface area contributed by atoms with Crippen LogP contribution < -0.4 is 25.5 Å². The lowest BCUT2D eigenvalue weighted by atomic mass is 10.2. The monoisotopic (exact) mass is 366 g/mol. The van der Waals surface area contributed by atoms with Gasteiger partial charge in [-0.05, 0) is 24.3 Å². The van der Waals surface area contributed by atoms with Gasteiger partial charge in [-0.1, -0.05) is 12.1 Å². The van der Waals surface area contributed by atoms with E-state index in [2.05, 4.69) is 15.7 Å². The van der Waals surface area contributed by atoms with Crippen LogP contribution in [-0.4, -0.2) is 28.5 Å². The molecule has 0 aliphatic carbocycles. The molecule has 1 aromatic heterocycles. The van der Waals surface area contributed by atoms with E-state index in [1.807, 2.05) is 0 Å². The van der Waals surface area contributed by atoms with E-state index in [1.165, 1.54) is 4.68 Å². The van der Waals surface area contributed by atoms with Crippen LogP contribution in [0.3, 0.4) is 0 Å². The van der Waals surface area contributed by atoms with Crippen molar-refractivity contribution in [3.05, 3.63) is 58.9 Å². The molecule has 1 aliphatic heterocycles. The quantitative estimate of drug-likeness (QED) is 0.726. The third-order valence-electron chi connectivity index (χ3n) is 3.94. The van der Waals surface area contributed by atoms with Gasteiger partial charge in [0.1, 0.15) is 6.54 Å². The number of imide groups is 1. The van der Waals surface area contributed by atoms with E-state index in [9.17, 15) is 14.4 Å². The highest BCUT2D eigenvalue weighted by Crippen LogP contribution is 2.34. The Labute approximate surface area is 152 Å². The molecule has 136 valence electrons. The van der Waals surface area contributed by atoms with Gasteiger partial charge in [0, 0.05) is 17.1 Å². The van der Waals surface area contributed by atoms with Crippen LogP contribution in [-0.2, 0) is 11.3 Å². The first-order chi connectivity index (χ1) is 13.1. The second kappa shape index (κ2) is 6.79. The molecule has 9 heteroatoms. The number of nitrogens with zero attached hydrogens (tertiary/aromatic N) is 2. The van der Waals surface area contributed by atoms with E-state index in [1.54, 1.807) is 42.5 Å². The molecule has 0 spiro atoms. The van der Waals surface area contributed by atoms with Gasteiger partial charge < -0.3 is 14.8 Å². The number of fused-ring (bicyclic) bond motifs is 2. The van der Waals surface area contributed by atoms with Crippen molar-refractivity contribution in [3.8, 4) is 11.5 Å². The minimum absolute atomic E-state index is 0.129. The van der Waals surface area contributed by atoms with Gasteiger partial charge >= 0.3 is 6.03 Å². The van der Waals surface area contributed by atoms with Crippen LogP contribution in [0, 0.1) is 0 Å². The smallest absolute Gasteiger partial charge is 0.325 e. The van der Waals surface area contributed by atoms with E-state index in [-0.39, 0.29) is 18.8 Å². The molecular weight excluding hydrogens is 352 g/mol. The molecule has 2 heterocycles. The maximum absolute atomic E-state index is 12.2. The lowest BCUT2D eigenvalue weighted by molar-refractivity contribution is -0.120. The van der Waals surface area contributed by atoms with Gasteiger partial charge in [0.25, 0.3) is 0 Å². The Kier molecular flexibility index (Phi) is 4.17. The Morgan fingerprint density at radius 2 is 1.93 bits per heavy atom. The zero-order valence-electron chi connectivity index (χ0n) is 14.0. The molecule has 4 rings (SSSR count). The first-order valence-electron chi connectivity index (χ1n) is 8.05. The lowest BCUT2D eigenvalue weighted by Gasteiger charge is -2.10. The SMILES string of the molecule is O=C(Cn1ncc(=O)c2ccccc21)NC(=O)Nc1ccc2c(c1)OCO2. The Hall–Kier alpha value is -3.88. The molecule has 3 amide bonds. The first-order valence-corrected chi connectivity index (χ1v) is 8.05. The zero-order valence-corrected chi connectivity index (χ0v) is 14.0. The van der Waals surface area contributed by atoms with Crippen molar-refractivity contribution in [1.29, 1.82) is 0 Å². The highest BCUT2D eigenvalue weighted by atomic mass is 16.7. The molecule has 0 saturated carbocycles. The fraction of sp³-hybridized carbons (Fsp3) is 0.111. The number of nitrogens with one attached hydrogen (secondary N) is 2. The molecule has 2 N–H and O–H groups in total. The van der Waals surface area contributed by atoms with Crippen molar-refractivity contribution in [2.45, 2.75) is 6.54 Å². The number of para-hydroxylation sites is 1. The predicted octanol–water partition coefficient (Wildman–Crippen LogP) is 1.47. The Balaban J connectivity index is 1.43. The second-order valence-corrected chi connectivity index (χ2v) is 5.75. The van der Waals surface area contributed by atoms with Crippen LogP contribution in [0.1, 0.15) is 0 Å². The molecule has 1 aliphatic rings. The number of anilines is 1. The number of hydrogen-bond acceptors (Lipinski definition) is 6. The standard InChI is InChI=1S/C18H14N4O5/c23-14-8-19-22(13-4-2-1-3-12(13)14)9-17(24)21-18(25)20-11-5-6-15-16(7-11)27-10-26-15/h1-8H,9-10H2,(H2,20,21,24,25). The summed E-state index contributed by atoms with van der Waals surface area (Å²) in [4.78, 5) is 36.0. The second-order valence-electron chi connectivity index (χ2n) is 5.75. The molecule has 0 atom stereocenters. The topological polar surface area (TPSA) is 112 Å². The molecule has 0 saturated heterocycles. The first kappa shape index (κ1) is 16.6. The van der Waals surface area contributed by atoms with E-state index in [0.29, 0.717) is 28.1 Å².